The van der Waals surface area contributed by atoms with Gasteiger partial charge in [0.1, 0.15) is 5.75 Å². The van der Waals surface area contributed by atoms with Crippen molar-refractivity contribution in [1.82, 2.24) is 0 Å². The number of hydrogen-bond acceptors (Lipinski definition) is 3. The third-order valence-corrected chi connectivity index (χ3v) is 2.38. The Kier molecular flexibility index (Phi) is 2.70. The molecule has 3 N–H and O–H groups in total. The van der Waals surface area contributed by atoms with Gasteiger partial charge in [0, 0.05) is 10.0 Å². The molecule has 0 atom stereocenters. The minimum absolute atomic E-state index is 0.185. The number of nitrogens with two attached hydrogens (primary N) is 1. The van der Waals surface area contributed by atoms with Crippen LogP contribution in [0.1, 0.15) is 11.1 Å². The molecule has 0 fully saturated rings. The highest BCUT2D eigenvalue weighted by atomic mass is 79.9. The van der Waals surface area contributed by atoms with Crippen molar-refractivity contribution in [2.24, 2.45) is 10.9 Å². The Labute approximate surface area is 79.0 Å². The summed E-state index contributed by atoms with van der Waals surface area (Å²) < 4.78 is 0.926. The van der Waals surface area contributed by atoms with E-state index in [9.17, 15) is 5.11 Å². The van der Waals surface area contributed by atoms with E-state index in [4.69, 9.17) is 5.84 Å². The number of hydrogen-bond donors (Lipinski definition) is 2. The highest BCUT2D eigenvalue weighted by Crippen LogP contribution is 2.24. The molecule has 4 heteroatoms. The summed E-state index contributed by atoms with van der Waals surface area (Å²) in [6, 6.07) is 3.42. The third kappa shape index (κ3) is 1.76. The van der Waals surface area contributed by atoms with Crippen LogP contribution < -0.4 is 5.84 Å². The molecule has 0 radical (unpaired) electrons. The van der Waals surface area contributed by atoms with E-state index in [1.807, 2.05) is 6.92 Å². The Balaban J connectivity index is 3.23. The number of benzene rings is 1. The van der Waals surface area contributed by atoms with Crippen molar-refractivity contribution >= 4 is 22.1 Å². The second kappa shape index (κ2) is 3.58. The maximum absolute atomic E-state index is 9.38. The minimum Gasteiger partial charge on any atom is -0.507 e. The van der Waals surface area contributed by atoms with E-state index in [0.29, 0.717) is 5.56 Å². The largest absolute Gasteiger partial charge is 0.507 e. The molecule has 0 saturated carbocycles. The fraction of sp³-hybridized carbons (Fsp3) is 0.125. The zero-order chi connectivity index (χ0) is 9.14. The molecular weight excluding hydrogens is 220 g/mol. The maximum Gasteiger partial charge on any atom is 0.124 e. The van der Waals surface area contributed by atoms with Crippen molar-refractivity contribution < 1.29 is 5.11 Å². The number of phenols is 1. The summed E-state index contributed by atoms with van der Waals surface area (Å²) in [4.78, 5) is 0. The quantitative estimate of drug-likeness (QED) is 0.438. The SMILES string of the molecule is Cc1cc(O)c(C=NN)cc1Br. The number of phenolic OH excluding ortho intramolecular Hbond substituents is 1. The second-order valence-electron chi connectivity index (χ2n) is 2.44. The van der Waals surface area contributed by atoms with Crippen molar-refractivity contribution in [2.75, 3.05) is 0 Å². The first-order chi connectivity index (χ1) is 5.65. The number of rotatable bonds is 1. The molecule has 0 saturated heterocycles. The van der Waals surface area contributed by atoms with Gasteiger partial charge in [-0.05, 0) is 24.6 Å². The summed E-state index contributed by atoms with van der Waals surface area (Å²) in [6.07, 6.45) is 1.40. The molecule has 1 aromatic rings. The van der Waals surface area contributed by atoms with E-state index in [1.54, 1.807) is 12.1 Å². The summed E-state index contributed by atoms with van der Waals surface area (Å²) in [7, 11) is 0. The van der Waals surface area contributed by atoms with Crippen LogP contribution in [0, 0.1) is 6.92 Å². The van der Waals surface area contributed by atoms with Crippen LogP contribution in [0.3, 0.4) is 0 Å². The average Bonchev–Trinajstić information content (AvgIpc) is 2.01. The van der Waals surface area contributed by atoms with E-state index < -0.39 is 0 Å². The van der Waals surface area contributed by atoms with Crippen molar-refractivity contribution in [2.45, 2.75) is 6.92 Å². The van der Waals surface area contributed by atoms with Gasteiger partial charge in [-0.25, -0.2) is 0 Å². The first kappa shape index (κ1) is 9.06. The van der Waals surface area contributed by atoms with Crippen LogP contribution >= 0.6 is 15.9 Å². The van der Waals surface area contributed by atoms with Gasteiger partial charge >= 0.3 is 0 Å². The van der Waals surface area contributed by atoms with Gasteiger partial charge in [-0.3, -0.25) is 0 Å². The normalized spacial score (nSPS) is 10.8. The van der Waals surface area contributed by atoms with Crippen LogP contribution in [0.4, 0.5) is 0 Å². The molecule has 1 rings (SSSR count). The average molecular weight is 229 g/mol. The van der Waals surface area contributed by atoms with Gasteiger partial charge in [0.05, 0.1) is 6.21 Å². The molecule has 0 heterocycles. The Morgan fingerprint density at radius 2 is 2.25 bits per heavy atom. The highest BCUT2D eigenvalue weighted by molar-refractivity contribution is 9.10. The van der Waals surface area contributed by atoms with Gasteiger partial charge < -0.3 is 10.9 Å². The van der Waals surface area contributed by atoms with Gasteiger partial charge in [0.15, 0.2) is 0 Å². The molecule has 64 valence electrons. The monoisotopic (exact) mass is 228 g/mol. The number of hydrazone groups is 1. The second-order valence-corrected chi connectivity index (χ2v) is 3.29. The zero-order valence-electron chi connectivity index (χ0n) is 6.58. The van der Waals surface area contributed by atoms with Crippen LogP contribution in [-0.2, 0) is 0 Å². The van der Waals surface area contributed by atoms with E-state index >= 15 is 0 Å². The van der Waals surface area contributed by atoms with Crippen LogP contribution in [0.15, 0.2) is 21.7 Å². The number of aromatic hydroxyl groups is 1. The van der Waals surface area contributed by atoms with Crippen molar-refractivity contribution in [3.8, 4) is 5.75 Å². The molecule has 1 aromatic carbocycles. The third-order valence-electron chi connectivity index (χ3n) is 1.52. The molecule has 0 amide bonds. The predicted molar refractivity (Wildman–Crippen MR) is 52.3 cm³/mol. The molecule has 12 heavy (non-hydrogen) atoms. The van der Waals surface area contributed by atoms with Crippen LogP contribution in [0.2, 0.25) is 0 Å². The maximum atomic E-state index is 9.38. The number of aryl methyl sites for hydroxylation is 1. The molecule has 0 aliphatic heterocycles. The molecule has 0 spiro atoms. The lowest BCUT2D eigenvalue weighted by Gasteiger charge is -2.02. The van der Waals surface area contributed by atoms with Crippen molar-refractivity contribution in [1.29, 1.82) is 0 Å². The van der Waals surface area contributed by atoms with Crippen molar-refractivity contribution in [3.05, 3.63) is 27.7 Å². The Bertz CT molecular complexity index is 323. The molecule has 0 aliphatic carbocycles. The van der Waals surface area contributed by atoms with E-state index in [0.717, 1.165) is 10.0 Å². The summed E-state index contributed by atoms with van der Waals surface area (Å²) in [6.45, 7) is 1.90. The predicted octanol–water partition coefficient (Wildman–Crippen LogP) is 1.76. The first-order valence-corrected chi connectivity index (χ1v) is 4.17. The lowest BCUT2D eigenvalue weighted by molar-refractivity contribution is 0.474. The molecular formula is C8H9BrN2O. The zero-order valence-corrected chi connectivity index (χ0v) is 8.17. The van der Waals surface area contributed by atoms with E-state index in [2.05, 4.69) is 21.0 Å². The summed E-state index contributed by atoms with van der Waals surface area (Å²) in [5, 5.41) is 12.7. The summed E-state index contributed by atoms with van der Waals surface area (Å²) >= 11 is 3.34. The van der Waals surface area contributed by atoms with Crippen LogP contribution in [0.5, 0.6) is 5.75 Å². The standard InChI is InChI=1S/C8H9BrN2O/c1-5-2-8(12)6(4-11-10)3-7(5)9/h2-4,12H,10H2,1H3. The van der Waals surface area contributed by atoms with E-state index in [-0.39, 0.29) is 5.75 Å². The topological polar surface area (TPSA) is 58.6 Å². The number of nitrogens with zero attached hydrogens (tertiary/aromatic N) is 1. The smallest absolute Gasteiger partial charge is 0.124 e. The molecule has 0 bridgehead atoms. The van der Waals surface area contributed by atoms with Gasteiger partial charge in [-0.2, -0.15) is 5.10 Å². The van der Waals surface area contributed by atoms with Gasteiger partial charge in [0.2, 0.25) is 0 Å². The summed E-state index contributed by atoms with van der Waals surface area (Å²) in [5.41, 5.74) is 1.58. The molecule has 0 unspecified atom stereocenters. The molecule has 3 nitrogen and oxygen atoms in total. The Hall–Kier alpha value is -1.03. The fourth-order valence-electron chi connectivity index (χ4n) is 0.865. The van der Waals surface area contributed by atoms with Gasteiger partial charge in [-0.15, -0.1) is 0 Å². The van der Waals surface area contributed by atoms with Crippen LogP contribution in [-0.4, -0.2) is 11.3 Å². The lowest BCUT2D eigenvalue weighted by atomic mass is 10.1. The number of halogens is 1. The van der Waals surface area contributed by atoms with Gasteiger partial charge in [-0.1, -0.05) is 15.9 Å². The summed E-state index contributed by atoms with van der Waals surface area (Å²) in [5.74, 6) is 5.15. The highest BCUT2D eigenvalue weighted by Gasteiger charge is 2.01. The van der Waals surface area contributed by atoms with Crippen molar-refractivity contribution in [3.63, 3.8) is 0 Å². The first-order valence-electron chi connectivity index (χ1n) is 3.37. The van der Waals surface area contributed by atoms with Crippen LogP contribution in [0.25, 0.3) is 0 Å². The Morgan fingerprint density at radius 1 is 1.58 bits per heavy atom. The molecule has 0 aromatic heterocycles. The van der Waals surface area contributed by atoms with Gasteiger partial charge in [0.25, 0.3) is 0 Å². The molecule has 0 aliphatic rings. The fourth-order valence-corrected chi connectivity index (χ4v) is 1.23. The minimum atomic E-state index is 0.185. The Morgan fingerprint density at radius 3 is 2.83 bits per heavy atom. The lowest BCUT2D eigenvalue weighted by Crippen LogP contribution is -1.88. The van der Waals surface area contributed by atoms with E-state index in [1.165, 1.54) is 6.21 Å².